The van der Waals surface area contributed by atoms with Gasteiger partial charge in [0.15, 0.2) is 0 Å². The minimum Gasteiger partial charge on any atom is -0.549 e. The molecule has 69 valence electrons. The Morgan fingerprint density at radius 3 is 1.09 bits per heavy atom. The van der Waals surface area contributed by atoms with Crippen molar-refractivity contribution in [1.82, 2.24) is 0 Å². The van der Waals surface area contributed by atoms with Gasteiger partial charge in [0.1, 0.15) is 0 Å². The summed E-state index contributed by atoms with van der Waals surface area (Å²) >= 11 is 5.30. The SMILES string of the molecule is O=C([O-])CBr.O=C([O-])CBr.[Cu+2]. The van der Waals surface area contributed by atoms with Crippen LogP contribution in [-0.4, -0.2) is 22.6 Å². The predicted molar refractivity (Wildman–Crippen MR) is 37.6 cm³/mol. The molecule has 0 bridgehead atoms. The average molecular weight is 339 g/mol. The number of hydrogen-bond donors (Lipinski definition) is 0. The third-order valence-electron chi connectivity index (χ3n) is 0.218. The summed E-state index contributed by atoms with van der Waals surface area (Å²) in [4.78, 5) is 18.4. The zero-order chi connectivity index (χ0) is 8.57. The molecule has 0 saturated carbocycles. The van der Waals surface area contributed by atoms with E-state index in [4.69, 9.17) is 0 Å². The molecule has 0 amide bonds. The first kappa shape index (κ1) is 17.5. The van der Waals surface area contributed by atoms with Gasteiger partial charge in [-0.15, -0.1) is 0 Å². The smallest absolute Gasteiger partial charge is 0.549 e. The van der Waals surface area contributed by atoms with E-state index in [1.165, 1.54) is 0 Å². The van der Waals surface area contributed by atoms with E-state index in [0.717, 1.165) is 0 Å². The largest absolute Gasteiger partial charge is 2.00 e. The maximum atomic E-state index is 9.21. The molecule has 0 aromatic carbocycles. The van der Waals surface area contributed by atoms with Crippen molar-refractivity contribution in [3.05, 3.63) is 0 Å². The Balaban J connectivity index is -0.000000107. The Kier molecular flexibility index (Phi) is 20.7. The van der Waals surface area contributed by atoms with Crippen molar-refractivity contribution in [3.8, 4) is 0 Å². The number of carboxylic acids is 2. The van der Waals surface area contributed by atoms with Crippen molar-refractivity contribution in [1.29, 1.82) is 0 Å². The summed E-state index contributed by atoms with van der Waals surface area (Å²) < 4.78 is 0. The monoisotopic (exact) mass is 337 g/mol. The van der Waals surface area contributed by atoms with Crippen molar-refractivity contribution >= 4 is 43.8 Å². The quantitative estimate of drug-likeness (QED) is 0.442. The first-order chi connectivity index (χ1) is 4.54. The maximum Gasteiger partial charge on any atom is 2.00 e. The van der Waals surface area contributed by atoms with E-state index in [2.05, 4.69) is 31.9 Å². The molecule has 0 atom stereocenters. The van der Waals surface area contributed by atoms with E-state index in [0.29, 0.717) is 0 Å². The molecule has 0 saturated heterocycles. The van der Waals surface area contributed by atoms with Crippen molar-refractivity contribution in [2.75, 3.05) is 10.7 Å². The summed E-state index contributed by atoms with van der Waals surface area (Å²) in [5, 5.41) is 18.3. The van der Waals surface area contributed by atoms with E-state index >= 15 is 0 Å². The summed E-state index contributed by atoms with van der Waals surface area (Å²) in [6, 6.07) is 0. The molecule has 1 radical (unpaired) electrons. The topological polar surface area (TPSA) is 80.3 Å². The molecule has 0 fully saturated rings. The Morgan fingerprint density at radius 2 is 1.09 bits per heavy atom. The molecule has 0 unspecified atom stereocenters. The van der Waals surface area contributed by atoms with Crippen molar-refractivity contribution < 1.29 is 36.9 Å². The molecular weight excluding hydrogens is 335 g/mol. The molecule has 0 aliphatic carbocycles. The van der Waals surface area contributed by atoms with Crippen LogP contribution < -0.4 is 10.2 Å². The number of aliphatic carboxylic acids is 2. The summed E-state index contributed by atoms with van der Waals surface area (Å²) in [6.07, 6.45) is 0. The van der Waals surface area contributed by atoms with Crippen LogP contribution in [0.1, 0.15) is 0 Å². The molecule has 7 heteroatoms. The van der Waals surface area contributed by atoms with E-state index in [9.17, 15) is 19.8 Å². The zero-order valence-corrected chi connectivity index (χ0v) is 9.22. The molecule has 0 aromatic heterocycles. The van der Waals surface area contributed by atoms with Gasteiger partial charge in [-0.25, -0.2) is 0 Å². The van der Waals surface area contributed by atoms with Crippen molar-refractivity contribution in [3.63, 3.8) is 0 Å². The molecule has 0 aliphatic heterocycles. The average Bonchev–Trinajstić information content (AvgIpc) is 1.89. The van der Waals surface area contributed by atoms with Gasteiger partial charge in [-0.05, 0) is 0 Å². The summed E-state index contributed by atoms with van der Waals surface area (Å²) in [5.74, 6) is -2.16. The number of halogens is 2. The molecule has 0 rings (SSSR count). The molecule has 0 spiro atoms. The maximum absolute atomic E-state index is 9.21. The second kappa shape index (κ2) is 13.0. The molecule has 11 heavy (non-hydrogen) atoms. The molecule has 0 aromatic rings. The van der Waals surface area contributed by atoms with Crippen LogP contribution in [0, 0.1) is 0 Å². The van der Waals surface area contributed by atoms with E-state index in [1.807, 2.05) is 0 Å². The zero-order valence-electron chi connectivity index (χ0n) is 5.10. The molecule has 4 nitrogen and oxygen atoms in total. The standard InChI is InChI=1S/2C2H3BrO2.Cu/c2*3-1-2(4)5;/h2*1H2,(H,4,5);/q;;+2/p-2. The third kappa shape index (κ3) is 37.8. The predicted octanol–water partition coefficient (Wildman–Crippen LogP) is -1.74. The second-order valence-electron chi connectivity index (χ2n) is 1.01. The number of carbonyl (C=O) groups excluding carboxylic acids is 2. The van der Waals surface area contributed by atoms with E-state index in [-0.39, 0.29) is 27.7 Å². The van der Waals surface area contributed by atoms with Crippen LogP contribution in [0.3, 0.4) is 0 Å². The van der Waals surface area contributed by atoms with Gasteiger partial charge in [-0.1, -0.05) is 31.9 Å². The van der Waals surface area contributed by atoms with Crippen LogP contribution >= 0.6 is 31.9 Å². The van der Waals surface area contributed by atoms with Gasteiger partial charge >= 0.3 is 17.1 Å². The van der Waals surface area contributed by atoms with Gasteiger partial charge < -0.3 is 19.8 Å². The molecule has 0 aliphatic rings. The van der Waals surface area contributed by atoms with Gasteiger partial charge in [0.05, 0.1) is 11.9 Å². The van der Waals surface area contributed by atoms with Crippen LogP contribution in [0.25, 0.3) is 0 Å². The Hall–Kier alpha value is 0.419. The first-order valence-corrected chi connectivity index (χ1v) is 4.30. The van der Waals surface area contributed by atoms with Crippen LogP contribution in [-0.2, 0) is 26.7 Å². The van der Waals surface area contributed by atoms with E-state index in [1.54, 1.807) is 0 Å². The molecule has 0 N–H and O–H groups in total. The van der Waals surface area contributed by atoms with Gasteiger partial charge in [0.25, 0.3) is 0 Å². The fourth-order valence-corrected chi connectivity index (χ4v) is 0. The van der Waals surface area contributed by atoms with Crippen molar-refractivity contribution in [2.45, 2.75) is 0 Å². The van der Waals surface area contributed by atoms with Gasteiger partial charge in [0, 0.05) is 10.7 Å². The Bertz CT molecular complexity index is 105. The van der Waals surface area contributed by atoms with Crippen LogP contribution in [0.4, 0.5) is 0 Å². The molecule has 0 heterocycles. The van der Waals surface area contributed by atoms with Gasteiger partial charge in [-0.3, -0.25) is 0 Å². The minimum atomic E-state index is -1.08. The summed E-state index contributed by atoms with van der Waals surface area (Å²) in [5.41, 5.74) is 0. The molecular formula is C4H4Br2CuO4. The van der Waals surface area contributed by atoms with Gasteiger partial charge in [0.2, 0.25) is 0 Å². The fourth-order valence-electron chi connectivity index (χ4n) is 0. The Labute approximate surface area is 91.1 Å². The number of carboxylic acid groups (broad SMARTS) is 2. The van der Waals surface area contributed by atoms with Gasteiger partial charge in [-0.2, -0.15) is 0 Å². The minimum absolute atomic E-state index is 0. The Morgan fingerprint density at radius 1 is 1.00 bits per heavy atom. The number of carbonyl (C=O) groups is 2. The second-order valence-corrected chi connectivity index (χ2v) is 2.13. The fraction of sp³-hybridized carbons (Fsp3) is 0.500. The van der Waals surface area contributed by atoms with Crippen LogP contribution in [0.2, 0.25) is 0 Å². The summed E-state index contributed by atoms with van der Waals surface area (Å²) in [7, 11) is 0. The van der Waals surface area contributed by atoms with Crippen molar-refractivity contribution in [2.24, 2.45) is 0 Å². The normalized spacial score (nSPS) is 6.73. The number of hydrogen-bond acceptors (Lipinski definition) is 4. The van der Waals surface area contributed by atoms with Crippen LogP contribution in [0.5, 0.6) is 0 Å². The number of alkyl halides is 2. The number of rotatable bonds is 2. The van der Waals surface area contributed by atoms with E-state index < -0.39 is 11.9 Å². The van der Waals surface area contributed by atoms with Crippen LogP contribution in [0.15, 0.2) is 0 Å². The summed E-state index contributed by atoms with van der Waals surface area (Å²) in [6.45, 7) is 0. The third-order valence-corrected chi connectivity index (χ3v) is 1.13. The first-order valence-electron chi connectivity index (χ1n) is 2.06.